The maximum atomic E-state index is 12.3. The molecule has 1 aliphatic carbocycles. The maximum Gasteiger partial charge on any atom is 0.250 e. The number of rotatable bonds is 4. The molecule has 0 spiro atoms. The Hall–Kier alpha value is -1.40. The molecule has 0 aromatic carbocycles. The number of morpholine rings is 1. The van der Waals surface area contributed by atoms with E-state index in [2.05, 4.69) is 15.3 Å². The zero-order valence-corrected chi connectivity index (χ0v) is 12.6. The predicted octanol–water partition coefficient (Wildman–Crippen LogP) is 0.680. The Bertz CT molecular complexity index is 482. The van der Waals surface area contributed by atoms with Crippen molar-refractivity contribution in [3.63, 3.8) is 0 Å². The standard InChI is InChI=1S/C15H24N4O2/c1-18-9-12(8-16-18)10-19-6-7-21-14(11-19)15(20)17-13-4-2-3-5-13/h8-9,13-14H,2-7,10-11H2,1H3,(H,17,20)/t14-/m0/s1. The number of hydrogen-bond donors (Lipinski definition) is 1. The van der Waals surface area contributed by atoms with Gasteiger partial charge in [-0.2, -0.15) is 5.10 Å². The molecule has 116 valence electrons. The topological polar surface area (TPSA) is 59.4 Å². The quantitative estimate of drug-likeness (QED) is 0.886. The lowest BCUT2D eigenvalue weighted by molar-refractivity contribution is -0.139. The van der Waals surface area contributed by atoms with Crippen LogP contribution in [-0.4, -0.2) is 52.4 Å². The normalized spacial score (nSPS) is 24.3. The number of carbonyl (C=O) groups excluding carboxylic acids is 1. The van der Waals surface area contributed by atoms with E-state index in [-0.39, 0.29) is 12.0 Å². The van der Waals surface area contributed by atoms with Gasteiger partial charge in [0.15, 0.2) is 0 Å². The summed E-state index contributed by atoms with van der Waals surface area (Å²) >= 11 is 0. The van der Waals surface area contributed by atoms with Crippen LogP contribution < -0.4 is 5.32 Å². The molecule has 1 aliphatic heterocycles. The third kappa shape index (κ3) is 3.83. The van der Waals surface area contributed by atoms with Gasteiger partial charge in [0.2, 0.25) is 0 Å². The van der Waals surface area contributed by atoms with Crippen molar-refractivity contribution in [3.8, 4) is 0 Å². The van der Waals surface area contributed by atoms with Gasteiger partial charge in [-0.15, -0.1) is 0 Å². The van der Waals surface area contributed by atoms with Gasteiger partial charge in [-0.25, -0.2) is 0 Å². The number of aromatic nitrogens is 2. The molecule has 2 heterocycles. The minimum absolute atomic E-state index is 0.0535. The predicted molar refractivity (Wildman–Crippen MR) is 78.6 cm³/mol. The number of hydrogen-bond acceptors (Lipinski definition) is 4. The Morgan fingerprint density at radius 2 is 2.29 bits per heavy atom. The van der Waals surface area contributed by atoms with Crippen molar-refractivity contribution in [3.05, 3.63) is 18.0 Å². The largest absolute Gasteiger partial charge is 0.366 e. The summed E-state index contributed by atoms with van der Waals surface area (Å²) in [5.41, 5.74) is 1.18. The van der Waals surface area contributed by atoms with Crippen LogP contribution in [0.15, 0.2) is 12.4 Å². The highest BCUT2D eigenvalue weighted by Gasteiger charge is 2.28. The number of aryl methyl sites for hydroxylation is 1. The minimum Gasteiger partial charge on any atom is -0.366 e. The molecule has 1 saturated carbocycles. The fourth-order valence-electron chi connectivity index (χ4n) is 3.18. The van der Waals surface area contributed by atoms with E-state index in [1.807, 2.05) is 19.4 Å². The number of nitrogens with one attached hydrogen (secondary N) is 1. The smallest absolute Gasteiger partial charge is 0.250 e. The Labute approximate surface area is 125 Å². The molecule has 1 amide bonds. The van der Waals surface area contributed by atoms with Crippen molar-refractivity contribution in [2.45, 2.75) is 44.4 Å². The van der Waals surface area contributed by atoms with Gasteiger partial charge in [0, 0.05) is 44.5 Å². The lowest BCUT2D eigenvalue weighted by Crippen LogP contribution is -2.51. The van der Waals surface area contributed by atoms with Crippen LogP contribution in [0.1, 0.15) is 31.2 Å². The highest BCUT2D eigenvalue weighted by molar-refractivity contribution is 5.81. The fourth-order valence-corrected chi connectivity index (χ4v) is 3.18. The molecular weight excluding hydrogens is 268 g/mol. The molecule has 1 aromatic heterocycles. The van der Waals surface area contributed by atoms with Crippen LogP contribution in [0.3, 0.4) is 0 Å². The Morgan fingerprint density at radius 3 is 3.00 bits per heavy atom. The van der Waals surface area contributed by atoms with Crippen LogP contribution in [0.4, 0.5) is 0 Å². The number of carbonyl (C=O) groups is 1. The van der Waals surface area contributed by atoms with Gasteiger partial charge in [0.1, 0.15) is 6.10 Å². The van der Waals surface area contributed by atoms with Crippen LogP contribution >= 0.6 is 0 Å². The number of amides is 1. The van der Waals surface area contributed by atoms with Crippen molar-refractivity contribution in [2.75, 3.05) is 19.7 Å². The summed E-state index contributed by atoms with van der Waals surface area (Å²) in [6.45, 7) is 2.96. The van der Waals surface area contributed by atoms with Crippen molar-refractivity contribution >= 4 is 5.91 Å². The van der Waals surface area contributed by atoms with Gasteiger partial charge in [0.25, 0.3) is 5.91 Å². The molecular formula is C15H24N4O2. The van der Waals surface area contributed by atoms with Crippen LogP contribution in [-0.2, 0) is 23.1 Å². The van der Waals surface area contributed by atoms with Crippen molar-refractivity contribution < 1.29 is 9.53 Å². The second kappa shape index (κ2) is 6.58. The van der Waals surface area contributed by atoms with Crippen molar-refractivity contribution in [1.29, 1.82) is 0 Å². The molecule has 0 radical (unpaired) electrons. The number of ether oxygens (including phenoxy) is 1. The molecule has 3 rings (SSSR count). The first-order chi connectivity index (χ1) is 10.2. The summed E-state index contributed by atoms with van der Waals surface area (Å²) < 4.78 is 7.45. The van der Waals surface area contributed by atoms with Gasteiger partial charge in [-0.05, 0) is 12.8 Å². The highest BCUT2D eigenvalue weighted by Crippen LogP contribution is 2.18. The summed E-state index contributed by atoms with van der Waals surface area (Å²) in [6, 6.07) is 0.356. The minimum atomic E-state index is -0.337. The second-order valence-corrected chi connectivity index (χ2v) is 6.11. The van der Waals surface area contributed by atoms with Crippen molar-refractivity contribution in [2.24, 2.45) is 7.05 Å². The van der Waals surface area contributed by atoms with Gasteiger partial charge in [-0.3, -0.25) is 14.4 Å². The average Bonchev–Trinajstić information content (AvgIpc) is 3.11. The molecule has 0 bridgehead atoms. The molecule has 6 heteroatoms. The van der Waals surface area contributed by atoms with Crippen molar-refractivity contribution in [1.82, 2.24) is 20.0 Å². The van der Waals surface area contributed by atoms with Gasteiger partial charge < -0.3 is 10.1 Å². The van der Waals surface area contributed by atoms with E-state index in [1.54, 1.807) is 4.68 Å². The zero-order valence-electron chi connectivity index (χ0n) is 12.6. The van der Waals surface area contributed by atoms with E-state index in [1.165, 1.54) is 18.4 Å². The second-order valence-electron chi connectivity index (χ2n) is 6.11. The van der Waals surface area contributed by atoms with Crippen LogP contribution in [0, 0.1) is 0 Å². The highest BCUT2D eigenvalue weighted by atomic mass is 16.5. The summed E-state index contributed by atoms with van der Waals surface area (Å²) in [5, 5.41) is 7.31. The monoisotopic (exact) mass is 292 g/mol. The van der Waals surface area contributed by atoms with Gasteiger partial charge in [0.05, 0.1) is 12.8 Å². The molecule has 21 heavy (non-hydrogen) atoms. The summed E-state index contributed by atoms with van der Waals surface area (Å²) in [6.07, 6.45) is 8.23. The first-order valence-corrected chi connectivity index (χ1v) is 7.82. The van der Waals surface area contributed by atoms with E-state index < -0.39 is 0 Å². The van der Waals surface area contributed by atoms with Gasteiger partial charge in [-0.1, -0.05) is 12.8 Å². The third-order valence-corrected chi connectivity index (χ3v) is 4.31. The Kier molecular flexibility index (Phi) is 4.55. The first kappa shape index (κ1) is 14.5. The van der Waals surface area contributed by atoms with E-state index in [0.29, 0.717) is 19.2 Å². The lowest BCUT2D eigenvalue weighted by atomic mass is 10.2. The summed E-state index contributed by atoms with van der Waals surface area (Å²) in [7, 11) is 1.92. The molecule has 1 N–H and O–H groups in total. The third-order valence-electron chi connectivity index (χ3n) is 4.31. The summed E-state index contributed by atoms with van der Waals surface area (Å²) in [5.74, 6) is 0.0535. The molecule has 6 nitrogen and oxygen atoms in total. The Morgan fingerprint density at radius 1 is 1.48 bits per heavy atom. The van der Waals surface area contributed by atoms with Gasteiger partial charge >= 0.3 is 0 Å². The van der Waals surface area contributed by atoms with E-state index in [4.69, 9.17) is 4.74 Å². The molecule has 1 saturated heterocycles. The van der Waals surface area contributed by atoms with Crippen LogP contribution in [0.5, 0.6) is 0 Å². The lowest BCUT2D eigenvalue weighted by Gasteiger charge is -2.32. The Balaban J connectivity index is 1.51. The summed E-state index contributed by atoms with van der Waals surface area (Å²) in [4.78, 5) is 14.5. The molecule has 2 fully saturated rings. The average molecular weight is 292 g/mol. The van der Waals surface area contributed by atoms with Crippen LogP contribution in [0.25, 0.3) is 0 Å². The first-order valence-electron chi connectivity index (χ1n) is 7.82. The molecule has 0 unspecified atom stereocenters. The SMILES string of the molecule is Cn1cc(CN2CCO[C@H](C(=O)NC3CCCC3)C2)cn1. The zero-order chi connectivity index (χ0) is 14.7. The van der Waals surface area contributed by atoms with Crippen LogP contribution in [0.2, 0.25) is 0 Å². The fraction of sp³-hybridized carbons (Fsp3) is 0.733. The maximum absolute atomic E-state index is 12.3. The number of nitrogens with zero attached hydrogens (tertiary/aromatic N) is 3. The molecule has 2 aliphatic rings. The molecule has 1 aromatic rings. The van der Waals surface area contributed by atoms with E-state index >= 15 is 0 Å². The van der Waals surface area contributed by atoms with E-state index in [9.17, 15) is 4.79 Å². The van der Waals surface area contributed by atoms with E-state index in [0.717, 1.165) is 25.9 Å². The molecule has 1 atom stereocenters.